The van der Waals surface area contributed by atoms with E-state index in [9.17, 15) is 4.79 Å². The number of carbonyl (C=O) groups is 1. The molecule has 224 valence electrons. The maximum atomic E-state index is 13.9. The maximum Gasteiger partial charge on any atom is 0.273 e. The molecule has 0 aliphatic carbocycles. The van der Waals surface area contributed by atoms with Crippen LogP contribution < -0.4 is 18.9 Å². The van der Waals surface area contributed by atoms with Crippen molar-refractivity contribution >= 4 is 17.5 Å². The van der Waals surface area contributed by atoms with Gasteiger partial charge in [-0.2, -0.15) is 5.10 Å². The van der Waals surface area contributed by atoms with Crippen molar-refractivity contribution in [1.29, 1.82) is 0 Å². The number of rotatable bonds is 11. The largest absolute Gasteiger partial charge is 0.493 e. The Balaban J connectivity index is 1.36. The molecular weight excluding hydrogens is 578 g/mol. The van der Waals surface area contributed by atoms with Gasteiger partial charge < -0.3 is 23.8 Å². The second-order valence-electron chi connectivity index (χ2n) is 10.4. The minimum atomic E-state index is -0.417. The minimum Gasteiger partial charge on any atom is -0.493 e. The highest BCUT2D eigenvalue weighted by Gasteiger charge is 2.42. The molecule has 0 fully saturated rings. The summed E-state index contributed by atoms with van der Waals surface area (Å²) in [5, 5.41) is 8.23. The molecule has 1 unspecified atom stereocenters. The van der Waals surface area contributed by atoms with Gasteiger partial charge in [-0.25, -0.2) is 0 Å². The molecular formula is C35H32ClN3O5. The molecule has 44 heavy (non-hydrogen) atoms. The maximum absolute atomic E-state index is 13.9. The molecule has 1 aromatic heterocycles. The fourth-order valence-corrected chi connectivity index (χ4v) is 5.72. The Morgan fingerprint density at radius 1 is 0.795 bits per heavy atom. The second kappa shape index (κ2) is 12.7. The number of amides is 1. The molecule has 9 heteroatoms. The van der Waals surface area contributed by atoms with E-state index in [4.69, 9.17) is 30.5 Å². The number of methoxy groups -OCH3 is 3. The number of halogens is 1. The number of hydrogen-bond donors (Lipinski definition) is 1. The first kappa shape index (κ1) is 29.1. The first-order valence-corrected chi connectivity index (χ1v) is 14.6. The molecule has 2 heterocycles. The average molecular weight is 610 g/mol. The molecule has 6 rings (SSSR count). The monoisotopic (exact) mass is 609 g/mol. The Morgan fingerprint density at radius 2 is 1.50 bits per heavy atom. The molecule has 0 saturated heterocycles. The topological polar surface area (TPSA) is 85.9 Å². The van der Waals surface area contributed by atoms with Gasteiger partial charge in [-0.1, -0.05) is 66.2 Å². The van der Waals surface area contributed by atoms with Crippen LogP contribution in [0.3, 0.4) is 0 Å². The highest BCUT2D eigenvalue weighted by atomic mass is 35.5. The number of hydrogen-bond acceptors (Lipinski definition) is 6. The molecule has 0 spiro atoms. The SMILES string of the molecule is COc1ccc(CCN2C(=O)c3[nH]nc(-c4ccc(Cl)cc4)c3C2c2ccc(OCc3ccccc3)c(OC)c2)cc1OC. The van der Waals surface area contributed by atoms with Crippen LogP contribution in [0.1, 0.15) is 38.8 Å². The van der Waals surface area contributed by atoms with E-state index in [1.54, 1.807) is 21.3 Å². The Morgan fingerprint density at radius 3 is 2.23 bits per heavy atom. The van der Waals surface area contributed by atoms with E-state index >= 15 is 0 Å². The van der Waals surface area contributed by atoms with Crippen molar-refractivity contribution in [1.82, 2.24) is 15.1 Å². The molecule has 0 bridgehead atoms. The number of fused-ring (bicyclic) bond motifs is 1. The number of aromatic nitrogens is 2. The van der Waals surface area contributed by atoms with Gasteiger partial charge in [0, 0.05) is 22.7 Å². The first-order chi connectivity index (χ1) is 21.5. The van der Waals surface area contributed by atoms with E-state index in [1.807, 2.05) is 95.9 Å². The molecule has 4 aromatic carbocycles. The van der Waals surface area contributed by atoms with Gasteiger partial charge in [0.2, 0.25) is 0 Å². The fourth-order valence-electron chi connectivity index (χ4n) is 5.60. The predicted molar refractivity (Wildman–Crippen MR) is 169 cm³/mol. The van der Waals surface area contributed by atoms with Gasteiger partial charge in [0.05, 0.1) is 33.1 Å². The summed E-state index contributed by atoms with van der Waals surface area (Å²) in [7, 11) is 4.84. The number of H-pyrrole nitrogens is 1. The summed E-state index contributed by atoms with van der Waals surface area (Å²) in [4.78, 5) is 15.8. The van der Waals surface area contributed by atoms with Gasteiger partial charge in [0.25, 0.3) is 5.91 Å². The van der Waals surface area contributed by atoms with Gasteiger partial charge in [0.15, 0.2) is 23.0 Å². The van der Waals surface area contributed by atoms with Gasteiger partial charge in [-0.05, 0) is 59.5 Å². The van der Waals surface area contributed by atoms with Crippen LogP contribution >= 0.6 is 11.6 Å². The van der Waals surface area contributed by atoms with Gasteiger partial charge in [-0.15, -0.1) is 0 Å². The van der Waals surface area contributed by atoms with Crippen molar-refractivity contribution in [3.63, 3.8) is 0 Å². The third-order valence-electron chi connectivity index (χ3n) is 7.81. The molecule has 8 nitrogen and oxygen atoms in total. The van der Waals surface area contributed by atoms with Crippen LogP contribution in [-0.2, 0) is 13.0 Å². The van der Waals surface area contributed by atoms with Crippen molar-refractivity contribution in [3.8, 4) is 34.3 Å². The summed E-state index contributed by atoms with van der Waals surface area (Å²) in [6, 6.07) is 28.6. The van der Waals surface area contributed by atoms with E-state index in [1.165, 1.54) is 0 Å². The van der Waals surface area contributed by atoms with Gasteiger partial charge >= 0.3 is 0 Å². The standard InChI is InChI=1S/C35H32ClN3O5/c1-41-27-15-9-22(19-29(27)42-2)17-18-39-34(31-32(37-38-33(31)35(39)40)24-10-13-26(36)14-11-24)25-12-16-28(30(20-25)43-3)44-21-23-7-5-4-6-8-23/h4-16,19-20,34H,17-18,21H2,1-3H3,(H,37,38). The zero-order chi connectivity index (χ0) is 30.6. The number of benzene rings is 4. The molecule has 1 amide bonds. The lowest BCUT2D eigenvalue weighted by molar-refractivity contribution is 0.0745. The Kier molecular flexibility index (Phi) is 8.43. The van der Waals surface area contributed by atoms with Crippen molar-refractivity contribution in [2.45, 2.75) is 19.1 Å². The van der Waals surface area contributed by atoms with Crippen molar-refractivity contribution in [3.05, 3.63) is 124 Å². The molecule has 5 aromatic rings. The van der Waals surface area contributed by atoms with Gasteiger partial charge in [0.1, 0.15) is 12.3 Å². The summed E-state index contributed by atoms with van der Waals surface area (Å²) in [6.07, 6.45) is 0.603. The third kappa shape index (κ3) is 5.68. The van der Waals surface area contributed by atoms with E-state index in [-0.39, 0.29) is 5.91 Å². The van der Waals surface area contributed by atoms with Crippen molar-refractivity contribution < 1.29 is 23.7 Å². The Hall–Kier alpha value is -4.95. The van der Waals surface area contributed by atoms with Crippen LogP contribution in [0.5, 0.6) is 23.0 Å². The molecule has 0 radical (unpaired) electrons. The number of aromatic amines is 1. The number of carbonyl (C=O) groups excluding carboxylic acids is 1. The quantitative estimate of drug-likeness (QED) is 0.172. The molecule has 0 saturated carbocycles. The predicted octanol–water partition coefficient (Wildman–Crippen LogP) is 7.12. The smallest absolute Gasteiger partial charge is 0.273 e. The Bertz CT molecular complexity index is 1770. The summed E-state index contributed by atoms with van der Waals surface area (Å²) in [5.41, 5.74) is 5.79. The Labute approximate surface area is 261 Å². The lowest BCUT2D eigenvalue weighted by atomic mass is 9.95. The number of nitrogens with zero attached hydrogens (tertiary/aromatic N) is 2. The van der Waals surface area contributed by atoms with E-state index in [0.29, 0.717) is 59.0 Å². The van der Waals surface area contributed by atoms with Gasteiger partial charge in [-0.3, -0.25) is 9.89 Å². The van der Waals surface area contributed by atoms with E-state index < -0.39 is 6.04 Å². The van der Waals surface area contributed by atoms with Crippen LogP contribution in [-0.4, -0.2) is 48.9 Å². The summed E-state index contributed by atoms with van der Waals surface area (Å²) >= 11 is 6.18. The molecule has 1 atom stereocenters. The summed E-state index contributed by atoms with van der Waals surface area (Å²) in [5.74, 6) is 2.37. The highest BCUT2D eigenvalue weighted by molar-refractivity contribution is 6.30. The average Bonchev–Trinajstić information content (AvgIpc) is 3.61. The third-order valence-corrected chi connectivity index (χ3v) is 8.06. The van der Waals surface area contributed by atoms with Crippen molar-refractivity contribution in [2.75, 3.05) is 27.9 Å². The van der Waals surface area contributed by atoms with Crippen LogP contribution in [0, 0.1) is 0 Å². The van der Waals surface area contributed by atoms with Crippen LogP contribution in [0.25, 0.3) is 11.3 Å². The highest BCUT2D eigenvalue weighted by Crippen LogP contribution is 2.45. The lowest BCUT2D eigenvalue weighted by Crippen LogP contribution is -2.31. The summed E-state index contributed by atoms with van der Waals surface area (Å²) < 4.78 is 22.8. The molecule has 1 aliphatic heterocycles. The molecule has 1 aliphatic rings. The normalized spacial score (nSPS) is 14.0. The number of ether oxygens (including phenoxy) is 4. The zero-order valence-electron chi connectivity index (χ0n) is 24.7. The van der Waals surface area contributed by atoms with Crippen molar-refractivity contribution in [2.24, 2.45) is 0 Å². The first-order valence-electron chi connectivity index (χ1n) is 14.2. The van der Waals surface area contributed by atoms with Crippen LogP contribution in [0.2, 0.25) is 5.02 Å². The second-order valence-corrected chi connectivity index (χ2v) is 10.8. The fraction of sp³-hybridized carbons (Fsp3) is 0.200. The van der Waals surface area contributed by atoms with Crippen LogP contribution in [0.15, 0.2) is 91.0 Å². The van der Waals surface area contributed by atoms with E-state index in [2.05, 4.69) is 10.2 Å². The minimum absolute atomic E-state index is 0.124. The summed E-state index contributed by atoms with van der Waals surface area (Å²) in [6.45, 7) is 0.860. The molecule has 1 N–H and O–H groups in total. The van der Waals surface area contributed by atoms with Crippen LogP contribution in [0.4, 0.5) is 0 Å². The lowest BCUT2D eigenvalue weighted by Gasteiger charge is -2.27. The zero-order valence-corrected chi connectivity index (χ0v) is 25.4. The number of nitrogens with one attached hydrogen (secondary N) is 1. The van der Waals surface area contributed by atoms with E-state index in [0.717, 1.165) is 27.8 Å².